The summed E-state index contributed by atoms with van der Waals surface area (Å²) in [5, 5.41) is 10.9. The molecule has 88 valence electrons. The van der Waals surface area contributed by atoms with E-state index in [1.54, 1.807) is 32.8 Å². The molecule has 0 unspecified atom stereocenters. The average molecular weight is 226 g/mol. The second kappa shape index (κ2) is 4.73. The van der Waals surface area contributed by atoms with E-state index in [0.717, 1.165) is 0 Å². The zero-order valence-electron chi connectivity index (χ0n) is 9.67. The van der Waals surface area contributed by atoms with Crippen molar-refractivity contribution < 1.29 is 9.66 Å². The molecular weight excluding hydrogens is 212 g/mol. The predicted octanol–water partition coefficient (Wildman–Crippen LogP) is 1.24. The van der Waals surface area contributed by atoms with Crippen molar-refractivity contribution >= 4 is 11.5 Å². The Bertz CT molecular complexity index is 392. The van der Waals surface area contributed by atoms with Gasteiger partial charge in [-0.25, -0.2) is 4.98 Å². The molecule has 0 spiro atoms. The van der Waals surface area contributed by atoms with Gasteiger partial charge in [0.15, 0.2) is 0 Å². The van der Waals surface area contributed by atoms with Crippen LogP contribution in [-0.2, 0) is 0 Å². The first kappa shape index (κ1) is 12.2. The van der Waals surface area contributed by atoms with Crippen molar-refractivity contribution in [3.05, 3.63) is 16.4 Å². The molecule has 0 atom stereocenters. The first-order valence-corrected chi connectivity index (χ1v) is 4.76. The fourth-order valence-corrected chi connectivity index (χ4v) is 1.15. The molecule has 0 N–H and O–H groups in total. The summed E-state index contributed by atoms with van der Waals surface area (Å²) in [4.78, 5) is 19.6. The monoisotopic (exact) mass is 226 g/mol. The summed E-state index contributed by atoms with van der Waals surface area (Å²) in [6, 6.07) is 0. The summed E-state index contributed by atoms with van der Waals surface area (Å²) in [5.41, 5.74) is -0.207. The number of aromatic nitrogens is 2. The van der Waals surface area contributed by atoms with E-state index in [2.05, 4.69) is 9.97 Å². The molecule has 0 bridgehead atoms. The van der Waals surface area contributed by atoms with Gasteiger partial charge in [0.05, 0.1) is 11.0 Å². The van der Waals surface area contributed by atoms with Crippen LogP contribution >= 0.6 is 0 Å². The van der Waals surface area contributed by atoms with E-state index in [-0.39, 0.29) is 23.5 Å². The Morgan fingerprint density at radius 3 is 2.50 bits per heavy atom. The van der Waals surface area contributed by atoms with Crippen molar-refractivity contribution in [1.29, 1.82) is 0 Å². The van der Waals surface area contributed by atoms with Crippen LogP contribution in [0.1, 0.15) is 13.8 Å². The van der Waals surface area contributed by atoms with E-state index >= 15 is 0 Å². The highest BCUT2D eigenvalue weighted by Crippen LogP contribution is 2.32. The van der Waals surface area contributed by atoms with E-state index in [9.17, 15) is 10.1 Å². The van der Waals surface area contributed by atoms with Crippen molar-refractivity contribution in [1.82, 2.24) is 9.97 Å². The van der Waals surface area contributed by atoms with Crippen LogP contribution in [0, 0.1) is 10.1 Å². The summed E-state index contributed by atoms with van der Waals surface area (Å²) in [7, 11) is 3.35. The maximum Gasteiger partial charge on any atom is 0.372 e. The van der Waals surface area contributed by atoms with E-state index in [0.29, 0.717) is 0 Å². The van der Waals surface area contributed by atoms with Crippen LogP contribution in [0.4, 0.5) is 11.5 Å². The van der Waals surface area contributed by atoms with Gasteiger partial charge >= 0.3 is 5.69 Å². The minimum atomic E-state index is -0.535. The Morgan fingerprint density at radius 2 is 2.06 bits per heavy atom. The van der Waals surface area contributed by atoms with E-state index in [4.69, 9.17) is 4.74 Å². The van der Waals surface area contributed by atoms with Gasteiger partial charge in [-0.3, -0.25) is 10.1 Å². The summed E-state index contributed by atoms with van der Waals surface area (Å²) < 4.78 is 5.28. The molecule has 7 nitrogen and oxygen atoms in total. The van der Waals surface area contributed by atoms with E-state index in [1.807, 2.05) is 0 Å². The number of rotatable bonds is 4. The SMILES string of the molecule is CC(C)Oc1ncnc(N(C)C)c1[N+](=O)[O-]. The molecule has 0 aliphatic heterocycles. The fourth-order valence-electron chi connectivity index (χ4n) is 1.15. The lowest BCUT2D eigenvalue weighted by Gasteiger charge is -2.14. The van der Waals surface area contributed by atoms with Crippen molar-refractivity contribution in [3.63, 3.8) is 0 Å². The third-order valence-electron chi connectivity index (χ3n) is 1.72. The van der Waals surface area contributed by atoms with Gasteiger partial charge in [0.1, 0.15) is 6.33 Å². The van der Waals surface area contributed by atoms with Gasteiger partial charge in [-0.05, 0) is 13.8 Å². The molecule has 0 aromatic carbocycles. The Kier molecular flexibility index (Phi) is 3.60. The molecule has 16 heavy (non-hydrogen) atoms. The Labute approximate surface area is 93.2 Å². The maximum atomic E-state index is 10.9. The van der Waals surface area contributed by atoms with Crippen LogP contribution in [0.2, 0.25) is 0 Å². The summed E-state index contributed by atoms with van der Waals surface area (Å²) in [6.45, 7) is 3.56. The standard InChI is InChI=1S/C9H14N4O3/c1-6(2)16-9-7(13(14)15)8(12(3)4)10-5-11-9/h5-6H,1-4H3. The normalized spacial score (nSPS) is 10.3. The van der Waals surface area contributed by atoms with Crippen LogP contribution in [0.25, 0.3) is 0 Å². The molecule has 1 aromatic heterocycles. The molecule has 0 saturated carbocycles. The van der Waals surface area contributed by atoms with Crippen LogP contribution in [-0.4, -0.2) is 35.1 Å². The first-order valence-electron chi connectivity index (χ1n) is 4.76. The highest BCUT2D eigenvalue weighted by Gasteiger charge is 2.26. The molecule has 1 rings (SSSR count). The largest absolute Gasteiger partial charge is 0.470 e. The fraction of sp³-hybridized carbons (Fsp3) is 0.556. The van der Waals surface area contributed by atoms with Crippen LogP contribution in [0.5, 0.6) is 5.88 Å². The molecule has 0 aliphatic carbocycles. The van der Waals surface area contributed by atoms with E-state index in [1.165, 1.54) is 6.33 Å². The third kappa shape index (κ3) is 2.56. The van der Waals surface area contributed by atoms with Crippen molar-refractivity contribution in [2.24, 2.45) is 0 Å². The summed E-state index contributed by atoms with van der Waals surface area (Å²) in [5.74, 6) is 0.231. The number of nitrogens with zero attached hydrogens (tertiary/aromatic N) is 4. The van der Waals surface area contributed by atoms with Gasteiger partial charge < -0.3 is 9.64 Å². The van der Waals surface area contributed by atoms with Gasteiger partial charge in [0.25, 0.3) is 5.88 Å². The van der Waals surface area contributed by atoms with Gasteiger partial charge in [0, 0.05) is 14.1 Å². The Hall–Kier alpha value is -1.92. The van der Waals surface area contributed by atoms with Gasteiger partial charge in [-0.1, -0.05) is 0 Å². The van der Waals surface area contributed by atoms with Gasteiger partial charge in [0.2, 0.25) is 5.82 Å². The van der Waals surface area contributed by atoms with Crippen molar-refractivity contribution in [2.75, 3.05) is 19.0 Å². The average Bonchev–Trinajstić information content (AvgIpc) is 2.15. The summed E-state index contributed by atoms with van der Waals surface area (Å²) in [6.07, 6.45) is 1.07. The number of hydrogen-bond donors (Lipinski definition) is 0. The Balaban J connectivity index is 3.27. The minimum absolute atomic E-state index is 0.00120. The van der Waals surface area contributed by atoms with Gasteiger partial charge in [-0.2, -0.15) is 4.98 Å². The second-order valence-electron chi connectivity index (χ2n) is 3.67. The molecule has 0 aliphatic rings. The second-order valence-corrected chi connectivity index (χ2v) is 3.67. The lowest BCUT2D eigenvalue weighted by molar-refractivity contribution is -0.385. The van der Waals surface area contributed by atoms with Gasteiger partial charge in [-0.15, -0.1) is 0 Å². The quantitative estimate of drug-likeness (QED) is 0.567. The molecule has 7 heteroatoms. The van der Waals surface area contributed by atoms with Crippen LogP contribution < -0.4 is 9.64 Å². The van der Waals surface area contributed by atoms with Crippen molar-refractivity contribution in [2.45, 2.75) is 20.0 Å². The number of hydrogen-bond acceptors (Lipinski definition) is 6. The number of anilines is 1. The molecule has 1 aromatic rings. The minimum Gasteiger partial charge on any atom is -0.470 e. The van der Waals surface area contributed by atoms with Crippen LogP contribution in [0.15, 0.2) is 6.33 Å². The lowest BCUT2D eigenvalue weighted by Crippen LogP contribution is -2.16. The summed E-state index contributed by atoms with van der Waals surface area (Å²) >= 11 is 0. The maximum absolute atomic E-state index is 10.9. The highest BCUT2D eigenvalue weighted by molar-refractivity contribution is 5.61. The highest BCUT2D eigenvalue weighted by atomic mass is 16.6. The zero-order chi connectivity index (χ0) is 12.3. The number of nitro groups is 1. The zero-order valence-corrected chi connectivity index (χ0v) is 9.67. The van der Waals surface area contributed by atoms with E-state index < -0.39 is 4.92 Å². The predicted molar refractivity (Wildman–Crippen MR) is 58.8 cm³/mol. The van der Waals surface area contributed by atoms with Crippen LogP contribution in [0.3, 0.4) is 0 Å². The first-order chi connectivity index (χ1) is 7.43. The number of ether oxygens (including phenoxy) is 1. The smallest absolute Gasteiger partial charge is 0.372 e. The van der Waals surface area contributed by atoms with Crippen molar-refractivity contribution in [3.8, 4) is 5.88 Å². The molecule has 0 fully saturated rings. The third-order valence-corrected chi connectivity index (χ3v) is 1.72. The topological polar surface area (TPSA) is 81.4 Å². The lowest BCUT2D eigenvalue weighted by atomic mass is 10.4. The molecular formula is C9H14N4O3. The molecule has 0 saturated heterocycles. The Morgan fingerprint density at radius 1 is 1.44 bits per heavy atom. The molecule has 0 amide bonds. The molecule has 0 radical (unpaired) electrons. The molecule has 1 heterocycles.